The van der Waals surface area contributed by atoms with Crippen molar-refractivity contribution in [1.82, 2.24) is 9.80 Å². The molecule has 2 aromatic rings. The molecule has 1 N–H and O–H groups in total. The smallest absolute Gasteiger partial charge is 0.173 e. The van der Waals surface area contributed by atoms with Gasteiger partial charge in [0.2, 0.25) is 0 Å². The van der Waals surface area contributed by atoms with Crippen molar-refractivity contribution in [1.29, 1.82) is 0 Å². The van der Waals surface area contributed by atoms with Crippen LogP contribution >= 0.6 is 23.8 Å². The van der Waals surface area contributed by atoms with E-state index < -0.39 is 0 Å². The van der Waals surface area contributed by atoms with Gasteiger partial charge >= 0.3 is 0 Å². The summed E-state index contributed by atoms with van der Waals surface area (Å²) in [7, 11) is 1.64. The summed E-state index contributed by atoms with van der Waals surface area (Å²) in [6.45, 7) is 8.79. The monoisotopic (exact) mass is 477 g/mol. The van der Waals surface area contributed by atoms with Crippen LogP contribution in [0.3, 0.4) is 0 Å². The van der Waals surface area contributed by atoms with Gasteiger partial charge in [0.15, 0.2) is 5.11 Å². The summed E-state index contributed by atoms with van der Waals surface area (Å²) in [5.74, 6) is 1.57. The largest absolute Gasteiger partial charge is 0.495 e. The Kier molecular flexibility index (Phi) is 9.87. The topological polar surface area (TPSA) is 46.2 Å². The molecule has 8 heteroatoms. The standard InChI is InChI=1S/C24H32ClN3O3S/c1-3-31-21-8-5-19(6-9-21)18-28(12-4-11-27-13-15-30-16-14-27)24(32)26-22-17-20(25)7-10-23(22)29-2/h5-10,17H,3-4,11-16,18H2,1-2H3,(H,26,32). The van der Waals surface area contributed by atoms with Crippen LogP contribution in [0.25, 0.3) is 0 Å². The summed E-state index contributed by atoms with van der Waals surface area (Å²) in [5, 5.41) is 4.60. The van der Waals surface area contributed by atoms with E-state index >= 15 is 0 Å². The zero-order valence-corrected chi connectivity index (χ0v) is 20.4. The number of morpholine rings is 1. The lowest BCUT2D eigenvalue weighted by molar-refractivity contribution is 0.0368. The van der Waals surface area contributed by atoms with Crippen LogP contribution in [0.15, 0.2) is 42.5 Å². The number of hydrogen-bond acceptors (Lipinski definition) is 5. The maximum absolute atomic E-state index is 6.20. The zero-order chi connectivity index (χ0) is 22.8. The maximum Gasteiger partial charge on any atom is 0.173 e. The second kappa shape index (κ2) is 12.8. The number of nitrogens with zero attached hydrogens (tertiary/aromatic N) is 2. The second-order valence-corrected chi connectivity index (χ2v) is 8.40. The molecule has 1 saturated heterocycles. The molecule has 0 unspecified atom stereocenters. The van der Waals surface area contributed by atoms with Crippen molar-refractivity contribution in [2.75, 3.05) is 58.4 Å². The maximum atomic E-state index is 6.20. The average molecular weight is 478 g/mol. The molecule has 3 rings (SSSR count). The fourth-order valence-electron chi connectivity index (χ4n) is 3.61. The number of halogens is 1. The first-order valence-electron chi connectivity index (χ1n) is 11.0. The second-order valence-electron chi connectivity index (χ2n) is 7.58. The SMILES string of the molecule is CCOc1ccc(CN(CCCN2CCOCC2)C(=S)Nc2cc(Cl)ccc2OC)cc1. The van der Waals surface area contributed by atoms with Crippen LogP contribution in [0, 0.1) is 0 Å². The summed E-state index contributed by atoms with van der Waals surface area (Å²) in [5.41, 5.74) is 1.93. The Bertz CT molecular complexity index is 860. The number of nitrogens with one attached hydrogen (secondary N) is 1. The normalized spacial score (nSPS) is 14.1. The Morgan fingerprint density at radius 3 is 2.62 bits per heavy atom. The molecule has 0 aromatic heterocycles. The van der Waals surface area contributed by atoms with E-state index in [1.54, 1.807) is 13.2 Å². The summed E-state index contributed by atoms with van der Waals surface area (Å²) in [6, 6.07) is 13.6. The van der Waals surface area contributed by atoms with E-state index in [-0.39, 0.29) is 0 Å². The predicted octanol–water partition coefficient (Wildman–Crippen LogP) is 4.67. The highest BCUT2D eigenvalue weighted by Gasteiger charge is 2.15. The fraction of sp³-hybridized carbons (Fsp3) is 0.458. The zero-order valence-electron chi connectivity index (χ0n) is 18.8. The molecule has 0 saturated carbocycles. The molecule has 1 heterocycles. The van der Waals surface area contributed by atoms with Crippen molar-refractivity contribution < 1.29 is 14.2 Å². The van der Waals surface area contributed by atoms with Gasteiger partial charge in [-0.05, 0) is 61.5 Å². The van der Waals surface area contributed by atoms with Gasteiger partial charge in [-0.1, -0.05) is 23.7 Å². The summed E-state index contributed by atoms with van der Waals surface area (Å²) in [6.07, 6.45) is 1.01. The molecule has 0 aliphatic carbocycles. The predicted molar refractivity (Wildman–Crippen MR) is 134 cm³/mol. The van der Waals surface area contributed by atoms with Gasteiger partial charge in [0, 0.05) is 37.7 Å². The third kappa shape index (κ3) is 7.52. The third-order valence-corrected chi connectivity index (χ3v) is 5.90. The van der Waals surface area contributed by atoms with E-state index in [9.17, 15) is 0 Å². The van der Waals surface area contributed by atoms with Crippen molar-refractivity contribution >= 4 is 34.6 Å². The Balaban J connectivity index is 1.68. The summed E-state index contributed by atoms with van der Waals surface area (Å²) >= 11 is 12.0. The van der Waals surface area contributed by atoms with Gasteiger partial charge in [0.05, 0.1) is 32.6 Å². The summed E-state index contributed by atoms with van der Waals surface area (Å²) < 4.78 is 16.5. The lowest BCUT2D eigenvalue weighted by Crippen LogP contribution is -2.40. The van der Waals surface area contributed by atoms with Gasteiger partial charge < -0.3 is 24.4 Å². The molecule has 1 aliphatic rings. The number of methoxy groups -OCH3 is 1. The van der Waals surface area contributed by atoms with Crippen molar-refractivity contribution in [3.8, 4) is 11.5 Å². The average Bonchev–Trinajstić information content (AvgIpc) is 2.80. The van der Waals surface area contributed by atoms with Crippen LogP contribution in [0.2, 0.25) is 5.02 Å². The fourth-order valence-corrected chi connectivity index (χ4v) is 4.05. The van der Waals surface area contributed by atoms with Gasteiger partial charge in [-0.25, -0.2) is 0 Å². The highest BCUT2D eigenvalue weighted by molar-refractivity contribution is 7.80. The first kappa shape index (κ1) is 24.6. The van der Waals surface area contributed by atoms with Crippen molar-refractivity contribution in [2.45, 2.75) is 19.9 Å². The van der Waals surface area contributed by atoms with Crippen LogP contribution in [0.5, 0.6) is 11.5 Å². The van der Waals surface area contributed by atoms with Gasteiger partial charge in [-0.2, -0.15) is 0 Å². The minimum Gasteiger partial charge on any atom is -0.495 e. The highest BCUT2D eigenvalue weighted by Crippen LogP contribution is 2.28. The van der Waals surface area contributed by atoms with Crippen molar-refractivity contribution in [2.24, 2.45) is 0 Å². The molecular weight excluding hydrogens is 446 g/mol. The molecule has 2 aromatic carbocycles. The number of anilines is 1. The van der Waals surface area contributed by atoms with Crippen LogP contribution in [0.1, 0.15) is 18.9 Å². The number of rotatable bonds is 10. The van der Waals surface area contributed by atoms with Gasteiger partial charge in [0.1, 0.15) is 11.5 Å². The molecule has 32 heavy (non-hydrogen) atoms. The number of hydrogen-bond donors (Lipinski definition) is 1. The summed E-state index contributed by atoms with van der Waals surface area (Å²) in [4.78, 5) is 4.63. The van der Waals surface area contributed by atoms with Crippen LogP contribution in [-0.2, 0) is 11.3 Å². The molecule has 1 aliphatic heterocycles. The van der Waals surface area contributed by atoms with Crippen molar-refractivity contribution in [3.63, 3.8) is 0 Å². The molecule has 0 amide bonds. The molecule has 0 radical (unpaired) electrons. The minimum atomic E-state index is 0.626. The lowest BCUT2D eigenvalue weighted by Gasteiger charge is -2.30. The Morgan fingerprint density at radius 2 is 1.94 bits per heavy atom. The van der Waals surface area contributed by atoms with E-state index in [2.05, 4.69) is 27.2 Å². The molecule has 0 atom stereocenters. The Labute approximate surface area is 201 Å². The highest BCUT2D eigenvalue weighted by atomic mass is 35.5. The lowest BCUT2D eigenvalue weighted by atomic mass is 10.2. The molecule has 0 spiro atoms. The van der Waals surface area contributed by atoms with Gasteiger partial charge in [-0.15, -0.1) is 0 Å². The van der Waals surface area contributed by atoms with Crippen LogP contribution < -0.4 is 14.8 Å². The van der Waals surface area contributed by atoms with Crippen molar-refractivity contribution in [3.05, 3.63) is 53.1 Å². The Hall–Kier alpha value is -2.06. The van der Waals surface area contributed by atoms with Crippen LogP contribution in [-0.4, -0.2) is 68.0 Å². The van der Waals surface area contributed by atoms with Crippen LogP contribution in [0.4, 0.5) is 5.69 Å². The number of ether oxygens (including phenoxy) is 3. The van der Waals surface area contributed by atoms with E-state index in [1.165, 1.54) is 5.56 Å². The number of thiocarbonyl (C=S) groups is 1. The molecule has 174 valence electrons. The molecule has 0 bridgehead atoms. The Morgan fingerprint density at radius 1 is 1.19 bits per heavy atom. The third-order valence-electron chi connectivity index (χ3n) is 5.30. The minimum absolute atomic E-state index is 0.626. The number of benzene rings is 2. The first-order chi connectivity index (χ1) is 15.6. The molecular formula is C24H32ClN3O3S. The molecule has 1 fully saturated rings. The van der Waals surface area contributed by atoms with E-state index in [0.717, 1.165) is 57.3 Å². The van der Waals surface area contributed by atoms with E-state index in [1.807, 2.05) is 31.2 Å². The van der Waals surface area contributed by atoms with E-state index in [4.69, 9.17) is 38.0 Å². The molecule has 6 nitrogen and oxygen atoms in total. The quantitative estimate of drug-likeness (QED) is 0.499. The van der Waals surface area contributed by atoms with E-state index in [0.29, 0.717) is 29.0 Å². The first-order valence-corrected chi connectivity index (χ1v) is 11.8. The van der Waals surface area contributed by atoms with Gasteiger partial charge in [0.25, 0.3) is 0 Å². The van der Waals surface area contributed by atoms with Gasteiger partial charge in [-0.3, -0.25) is 4.90 Å².